The van der Waals surface area contributed by atoms with Gasteiger partial charge in [0.1, 0.15) is 4.88 Å². The molecule has 188 valence electrons. The summed E-state index contributed by atoms with van der Waals surface area (Å²) in [5.41, 5.74) is 0.435. The van der Waals surface area contributed by atoms with Crippen LogP contribution in [0.25, 0.3) is 10.1 Å². The van der Waals surface area contributed by atoms with Gasteiger partial charge in [-0.25, -0.2) is 0 Å². The van der Waals surface area contributed by atoms with Crippen molar-refractivity contribution in [1.82, 2.24) is 0 Å². The van der Waals surface area contributed by atoms with Crippen molar-refractivity contribution in [2.75, 3.05) is 31.4 Å². The number of nitrogens with one attached hydrogen (secondary N) is 2. The van der Waals surface area contributed by atoms with E-state index < -0.39 is 17.6 Å². The molecule has 0 bridgehead atoms. The first-order chi connectivity index (χ1) is 17.2. The van der Waals surface area contributed by atoms with Crippen LogP contribution in [0, 0.1) is 0 Å². The Morgan fingerprint density at radius 2 is 1.72 bits per heavy atom. The number of halogens is 4. The second-order valence-corrected chi connectivity index (χ2v) is 9.25. The Morgan fingerprint density at radius 1 is 0.972 bits per heavy atom. The molecule has 1 aromatic heterocycles. The average Bonchev–Trinajstić information content (AvgIpc) is 3.20. The van der Waals surface area contributed by atoms with E-state index in [1.165, 1.54) is 17.4 Å². The summed E-state index contributed by atoms with van der Waals surface area (Å²) in [6, 6.07) is 15.9. The predicted octanol–water partition coefficient (Wildman–Crippen LogP) is 7.50. The van der Waals surface area contributed by atoms with Gasteiger partial charge >= 0.3 is 6.18 Å². The molecule has 0 unspecified atom stereocenters. The van der Waals surface area contributed by atoms with Gasteiger partial charge in [-0.1, -0.05) is 35.9 Å². The zero-order valence-corrected chi connectivity index (χ0v) is 20.9. The topological polar surface area (TPSA) is 59.6 Å². The summed E-state index contributed by atoms with van der Waals surface area (Å²) < 4.78 is 51.6. The summed E-state index contributed by atoms with van der Waals surface area (Å²) in [4.78, 5) is 13.3. The lowest BCUT2D eigenvalue weighted by molar-refractivity contribution is -0.137. The Hall–Kier alpha value is -3.43. The van der Waals surface area contributed by atoms with E-state index in [0.717, 1.165) is 22.4 Å². The number of benzene rings is 3. The van der Waals surface area contributed by atoms with E-state index in [1.54, 1.807) is 32.4 Å². The van der Waals surface area contributed by atoms with E-state index in [1.807, 2.05) is 24.3 Å². The number of hydrogen-bond acceptors (Lipinski definition) is 5. The number of ether oxygens (including phenoxy) is 2. The monoisotopic (exact) mass is 534 g/mol. The lowest BCUT2D eigenvalue weighted by Gasteiger charge is -2.16. The molecule has 0 aliphatic rings. The van der Waals surface area contributed by atoms with Crippen LogP contribution in [0.4, 0.5) is 24.5 Å². The number of fused-ring (bicyclic) bond motifs is 1. The normalized spacial score (nSPS) is 11.4. The van der Waals surface area contributed by atoms with Gasteiger partial charge in [0, 0.05) is 16.6 Å². The molecule has 5 nitrogen and oxygen atoms in total. The number of methoxy groups -OCH3 is 2. The van der Waals surface area contributed by atoms with Crippen LogP contribution in [0.3, 0.4) is 0 Å². The molecule has 0 fully saturated rings. The number of carbonyl (C=O) groups is 1. The van der Waals surface area contributed by atoms with Gasteiger partial charge in [-0.2, -0.15) is 13.2 Å². The van der Waals surface area contributed by atoms with E-state index in [9.17, 15) is 18.0 Å². The van der Waals surface area contributed by atoms with Crippen molar-refractivity contribution >= 4 is 50.3 Å². The Balaban J connectivity index is 1.56. The van der Waals surface area contributed by atoms with Gasteiger partial charge in [0.25, 0.3) is 5.91 Å². The molecule has 0 saturated carbocycles. The first-order valence-electron chi connectivity index (χ1n) is 10.9. The molecular weight excluding hydrogens is 513 g/mol. The molecule has 3 aromatic carbocycles. The molecule has 2 N–H and O–H groups in total. The first kappa shape index (κ1) is 25.7. The highest BCUT2D eigenvalue weighted by atomic mass is 35.5. The number of rotatable bonds is 8. The van der Waals surface area contributed by atoms with Gasteiger partial charge in [-0.05, 0) is 48.4 Å². The maximum atomic E-state index is 13.4. The molecule has 0 radical (unpaired) electrons. The summed E-state index contributed by atoms with van der Waals surface area (Å²) in [6.45, 7) is 0.396. The maximum Gasteiger partial charge on any atom is 0.416 e. The van der Waals surface area contributed by atoms with Crippen LogP contribution in [-0.4, -0.2) is 26.7 Å². The van der Waals surface area contributed by atoms with Crippen molar-refractivity contribution in [2.45, 2.75) is 12.6 Å². The number of thiophene rings is 1. The molecule has 1 amide bonds. The average molecular weight is 535 g/mol. The van der Waals surface area contributed by atoms with Crippen molar-refractivity contribution in [3.63, 3.8) is 0 Å². The van der Waals surface area contributed by atoms with Crippen LogP contribution >= 0.6 is 22.9 Å². The highest BCUT2D eigenvalue weighted by Crippen LogP contribution is 2.38. The Morgan fingerprint density at radius 3 is 2.42 bits per heavy atom. The quantitative estimate of drug-likeness (QED) is 0.246. The van der Waals surface area contributed by atoms with Crippen molar-refractivity contribution in [3.8, 4) is 11.5 Å². The van der Waals surface area contributed by atoms with E-state index in [-0.39, 0.29) is 15.6 Å². The second-order valence-electron chi connectivity index (χ2n) is 7.82. The number of amides is 1. The first-order valence-corrected chi connectivity index (χ1v) is 12.0. The Bertz CT molecular complexity index is 1410. The Kier molecular flexibility index (Phi) is 7.61. The van der Waals surface area contributed by atoms with Crippen molar-refractivity contribution in [1.29, 1.82) is 0 Å². The molecule has 4 aromatic rings. The fraction of sp³-hybridized carbons (Fsp3) is 0.192. The number of anilines is 2. The summed E-state index contributed by atoms with van der Waals surface area (Å²) in [5, 5.41) is 6.71. The minimum atomic E-state index is -4.56. The summed E-state index contributed by atoms with van der Waals surface area (Å²) in [6.07, 6.45) is -4.01. The molecular formula is C26H22ClF3N2O3S. The molecule has 0 aliphatic heterocycles. The lowest BCUT2D eigenvalue weighted by Crippen LogP contribution is -2.15. The molecule has 4 rings (SSSR count). The van der Waals surface area contributed by atoms with Crippen LogP contribution < -0.4 is 20.1 Å². The van der Waals surface area contributed by atoms with Gasteiger partial charge in [-0.3, -0.25) is 4.79 Å². The van der Waals surface area contributed by atoms with Crippen LogP contribution in [0.2, 0.25) is 5.02 Å². The maximum absolute atomic E-state index is 13.4. The summed E-state index contributed by atoms with van der Waals surface area (Å²) in [7, 11) is 3.09. The Labute approximate surface area is 214 Å². The summed E-state index contributed by atoms with van der Waals surface area (Å²) >= 11 is 7.57. The third-order valence-corrected chi connectivity index (χ3v) is 7.19. The highest BCUT2D eigenvalue weighted by molar-refractivity contribution is 7.21. The fourth-order valence-corrected chi connectivity index (χ4v) is 5.11. The molecule has 10 heteroatoms. The van der Waals surface area contributed by atoms with Gasteiger partial charge in [0.15, 0.2) is 11.5 Å². The number of hydrogen-bond donors (Lipinski definition) is 2. The number of carbonyl (C=O) groups excluding carboxylic acids is 1. The van der Waals surface area contributed by atoms with E-state index in [2.05, 4.69) is 10.6 Å². The van der Waals surface area contributed by atoms with E-state index >= 15 is 0 Å². The third kappa shape index (κ3) is 5.52. The van der Waals surface area contributed by atoms with Gasteiger partial charge in [0.2, 0.25) is 0 Å². The molecule has 0 saturated heterocycles. The zero-order valence-electron chi connectivity index (χ0n) is 19.3. The van der Waals surface area contributed by atoms with Crippen molar-refractivity contribution in [3.05, 3.63) is 81.7 Å². The second kappa shape index (κ2) is 10.7. The molecule has 1 heterocycles. The predicted molar refractivity (Wildman–Crippen MR) is 138 cm³/mol. The largest absolute Gasteiger partial charge is 0.493 e. The highest BCUT2D eigenvalue weighted by Gasteiger charge is 2.31. The van der Waals surface area contributed by atoms with Crippen LogP contribution in [-0.2, 0) is 12.6 Å². The zero-order chi connectivity index (χ0) is 25.9. The van der Waals surface area contributed by atoms with Gasteiger partial charge < -0.3 is 20.1 Å². The van der Waals surface area contributed by atoms with Crippen molar-refractivity contribution in [2.24, 2.45) is 0 Å². The van der Waals surface area contributed by atoms with Gasteiger partial charge in [0.05, 0.1) is 36.2 Å². The third-order valence-electron chi connectivity index (χ3n) is 5.51. The van der Waals surface area contributed by atoms with Crippen LogP contribution in [0.5, 0.6) is 11.5 Å². The minimum Gasteiger partial charge on any atom is -0.493 e. The summed E-state index contributed by atoms with van der Waals surface area (Å²) in [5.74, 6) is 0.600. The van der Waals surface area contributed by atoms with Crippen LogP contribution in [0.1, 0.15) is 20.8 Å². The molecule has 0 spiro atoms. The molecule has 0 aliphatic carbocycles. The lowest BCUT2D eigenvalue weighted by atomic mass is 10.1. The number of alkyl halides is 3. The van der Waals surface area contributed by atoms with Crippen molar-refractivity contribution < 1.29 is 27.4 Å². The van der Waals surface area contributed by atoms with E-state index in [0.29, 0.717) is 35.5 Å². The molecule has 36 heavy (non-hydrogen) atoms. The van der Waals surface area contributed by atoms with Crippen LogP contribution in [0.15, 0.2) is 60.7 Å². The van der Waals surface area contributed by atoms with E-state index in [4.69, 9.17) is 21.1 Å². The molecule has 0 atom stereocenters. The smallest absolute Gasteiger partial charge is 0.416 e. The van der Waals surface area contributed by atoms with Gasteiger partial charge in [-0.15, -0.1) is 11.3 Å². The SMILES string of the molecule is COc1ccc(CCNc2ccc(C(F)(F)F)cc2NC(=O)c2sc3ccccc3c2Cl)cc1OC. The fourth-order valence-electron chi connectivity index (χ4n) is 3.69. The minimum absolute atomic E-state index is 0.00987. The standard InChI is InChI=1S/C26H22ClF3N2O3S/c1-34-20-10-7-15(13-21(20)35-2)11-12-31-18-9-8-16(26(28,29)30)14-19(18)32-25(33)24-23(27)17-5-3-4-6-22(17)36-24/h3-10,13-14,31H,11-12H2,1-2H3,(H,32,33).